The molecule has 1 aliphatic carbocycles. The van der Waals surface area contributed by atoms with Crippen LogP contribution in [0.15, 0.2) is 24.3 Å². The molecule has 4 nitrogen and oxygen atoms in total. The molecule has 1 aromatic rings. The lowest BCUT2D eigenvalue weighted by atomic mass is 9.78. The number of hydrazine groups is 1. The van der Waals surface area contributed by atoms with Crippen molar-refractivity contribution >= 4 is 40.3 Å². The van der Waals surface area contributed by atoms with Crippen molar-refractivity contribution in [3.05, 3.63) is 30.1 Å². The van der Waals surface area contributed by atoms with E-state index in [-0.39, 0.29) is 10.9 Å². The van der Waals surface area contributed by atoms with Crippen LogP contribution in [0.3, 0.4) is 0 Å². The number of benzene rings is 1. The molecule has 1 aromatic carbocycles. The van der Waals surface area contributed by atoms with E-state index in [0.29, 0.717) is 28.7 Å². The fourth-order valence-corrected chi connectivity index (χ4v) is 3.18. The lowest BCUT2D eigenvalue weighted by Gasteiger charge is -2.35. The van der Waals surface area contributed by atoms with Crippen molar-refractivity contribution in [1.29, 1.82) is 0 Å². The summed E-state index contributed by atoms with van der Waals surface area (Å²) in [7, 11) is 0. The lowest BCUT2D eigenvalue weighted by Crippen LogP contribution is -2.53. The minimum absolute atomic E-state index is 0.254. The zero-order valence-corrected chi connectivity index (χ0v) is 15.0. The molecule has 2 rings (SSSR count). The smallest absolute Gasteiger partial charge is 0.189 e. The number of nitrogens with one attached hydrogen (secondary N) is 4. The number of hydrogen-bond donors (Lipinski definition) is 4. The third-order valence-electron chi connectivity index (χ3n) is 4.43. The van der Waals surface area contributed by atoms with E-state index in [1.54, 1.807) is 18.2 Å². The molecule has 23 heavy (non-hydrogen) atoms. The molecular formula is C16H23FN4S2. The summed E-state index contributed by atoms with van der Waals surface area (Å²) < 4.78 is 13.5. The number of anilines is 1. The van der Waals surface area contributed by atoms with Crippen LogP contribution < -0.4 is 21.5 Å². The van der Waals surface area contributed by atoms with E-state index in [1.165, 1.54) is 18.9 Å². The standard InChI is InChI=1S/C16H23FN4S2/c1-10-6-5-9-13(11(10)2)18-15(22)20-21-16(23)19-14-8-4-3-7-12(14)17/h3-4,7-8,10-11,13H,5-6,9H2,1-2H3,(H2,18,20,22)(H2,19,21,23)/t10-,11+,13-/m0/s1. The van der Waals surface area contributed by atoms with Crippen LogP contribution in [0.1, 0.15) is 33.1 Å². The fourth-order valence-electron chi connectivity index (χ4n) is 2.82. The molecule has 126 valence electrons. The van der Waals surface area contributed by atoms with Gasteiger partial charge < -0.3 is 10.6 Å². The average molecular weight is 355 g/mol. The van der Waals surface area contributed by atoms with Crippen LogP contribution in [0.4, 0.5) is 10.1 Å². The van der Waals surface area contributed by atoms with E-state index in [1.807, 2.05) is 0 Å². The highest BCUT2D eigenvalue weighted by Gasteiger charge is 2.27. The van der Waals surface area contributed by atoms with Gasteiger partial charge in [-0.3, -0.25) is 10.9 Å². The van der Waals surface area contributed by atoms with Gasteiger partial charge in [-0.25, -0.2) is 4.39 Å². The normalized spacial score (nSPS) is 23.7. The van der Waals surface area contributed by atoms with Crippen LogP contribution in [0, 0.1) is 17.7 Å². The molecular weight excluding hydrogens is 331 g/mol. The first-order chi connectivity index (χ1) is 11.0. The molecule has 0 bridgehead atoms. The Labute approximate surface area is 147 Å². The van der Waals surface area contributed by atoms with Crippen molar-refractivity contribution < 1.29 is 4.39 Å². The van der Waals surface area contributed by atoms with Gasteiger partial charge >= 0.3 is 0 Å². The number of para-hydroxylation sites is 1. The first-order valence-corrected chi connectivity index (χ1v) is 8.67. The molecule has 1 saturated carbocycles. The van der Waals surface area contributed by atoms with Crippen LogP contribution in [-0.4, -0.2) is 16.3 Å². The maximum atomic E-state index is 13.5. The molecule has 4 N–H and O–H groups in total. The molecule has 0 spiro atoms. The highest BCUT2D eigenvalue weighted by Crippen LogP contribution is 2.29. The molecule has 0 amide bonds. The summed E-state index contributed by atoms with van der Waals surface area (Å²) in [6, 6.07) is 6.72. The summed E-state index contributed by atoms with van der Waals surface area (Å²) in [6.07, 6.45) is 3.60. The van der Waals surface area contributed by atoms with E-state index in [0.717, 1.165) is 6.42 Å². The largest absolute Gasteiger partial charge is 0.358 e. The van der Waals surface area contributed by atoms with E-state index < -0.39 is 0 Å². The van der Waals surface area contributed by atoms with Gasteiger partial charge in [0.15, 0.2) is 10.2 Å². The highest BCUT2D eigenvalue weighted by molar-refractivity contribution is 7.80. The van der Waals surface area contributed by atoms with Crippen LogP contribution in [0.25, 0.3) is 0 Å². The van der Waals surface area contributed by atoms with Crippen molar-refractivity contribution in [2.45, 2.75) is 39.2 Å². The Balaban J connectivity index is 1.76. The minimum atomic E-state index is -0.359. The van der Waals surface area contributed by atoms with Gasteiger partial charge in [-0.1, -0.05) is 38.8 Å². The average Bonchev–Trinajstić information content (AvgIpc) is 2.52. The van der Waals surface area contributed by atoms with Gasteiger partial charge in [0.05, 0.1) is 5.69 Å². The third-order valence-corrected chi connectivity index (χ3v) is 4.86. The van der Waals surface area contributed by atoms with Crippen molar-refractivity contribution in [3.63, 3.8) is 0 Å². The van der Waals surface area contributed by atoms with E-state index in [2.05, 4.69) is 35.3 Å². The summed E-state index contributed by atoms with van der Waals surface area (Å²) in [5, 5.41) is 6.85. The minimum Gasteiger partial charge on any atom is -0.358 e. The van der Waals surface area contributed by atoms with Crippen LogP contribution in [0.2, 0.25) is 0 Å². The molecule has 0 saturated heterocycles. The topological polar surface area (TPSA) is 48.1 Å². The molecule has 0 radical (unpaired) electrons. The van der Waals surface area contributed by atoms with Gasteiger partial charge in [0.1, 0.15) is 5.82 Å². The Morgan fingerprint density at radius 3 is 2.52 bits per heavy atom. The first-order valence-electron chi connectivity index (χ1n) is 7.85. The molecule has 0 aliphatic heterocycles. The molecule has 0 unspecified atom stereocenters. The molecule has 3 atom stereocenters. The van der Waals surface area contributed by atoms with Crippen molar-refractivity contribution in [2.75, 3.05) is 5.32 Å². The molecule has 0 heterocycles. The SMILES string of the molecule is C[C@H]1[C@@H](NC(=S)NNC(=S)Nc2ccccc2F)CCC[C@@H]1C. The summed E-state index contributed by atoms with van der Waals surface area (Å²) in [5.74, 6) is 0.912. The Morgan fingerprint density at radius 1 is 1.09 bits per heavy atom. The quantitative estimate of drug-likeness (QED) is 0.483. The van der Waals surface area contributed by atoms with Crippen LogP contribution >= 0.6 is 24.4 Å². The fraction of sp³-hybridized carbons (Fsp3) is 0.500. The third kappa shape index (κ3) is 5.28. The first kappa shape index (κ1) is 17.9. The van der Waals surface area contributed by atoms with Crippen LogP contribution in [0.5, 0.6) is 0 Å². The summed E-state index contributed by atoms with van der Waals surface area (Å²) in [6.45, 7) is 4.53. The van der Waals surface area contributed by atoms with E-state index >= 15 is 0 Å². The van der Waals surface area contributed by atoms with E-state index in [9.17, 15) is 4.39 Å². The Hall–Kier alpha value is -1.47. The Morgan fingerprint density at radius 2 is 1.78 bits per heavy atom. The zero-order chi connectivity index (χ0) is 16.8. The van der Waals surface area contributed by atoms with Gasteiger partial charge in [-0.2, -0.15) is 0 Å². The van der Waals surface area contributed by atoms with Gasteiger partial charge in [0.25, 0.3) is 0 Å². The summed E-state index contributed by atoms with van der Waals surface area (Å²) in [4.78, 5) is 0. The zero-order valence-electron chi connectivity index (χ0n) is 13.4. The maximum Gasteiger partial charge on any atom is 0.189 e. The Bertz CT molecular complexity index is 567. The predicted octanol–water partition coefficient (Wildman–Crippen LogP) is 3.32. The number of hydrogen-bond acceptors (Lipinski definition) is 2. The van der Waals surface area contributed by atoms with Gasteiger partial charge in [0.2, 0.25) is 0 Å². The van der Waals surface area contributed by atoms with Crippen molar-refractivity contribution in [2.24, 2.45) is 11.8 Å². The monoisotopic (exact) mass is 354 g/mol. The molecule has 1 aliphatic rings. The summed E-state index contributed by atoms with van der Waals surface area (Å²) >= 11 is 10.4. The van der Waals surface area contributed by atoms with E-state index in [4.69, 9.17) is 24.4 Å². The molecule has 1 fully saturated rings. The van der Waals surface area contributed by atoms with Crippen molar-refractivity contribution in [1.82, 2.24) is 16.2 Å². The molecule has 7 heteroatoms. The molecule has 0 aromatic heterocycles. The van der Waals surface area contributed by atoms with Gasteiger partial charge in [-0.05, 0) is 54.8 Å². The van der Waals surface area contributed by atoms with Crippen molar-refractivity contribution in [3.8, 4) is 0 Å². The highest BCUT2D eigenvalue weighted by atomic mass is 32.1. The predicted molar refractivity (Wildman–Crippen MR) is 101 cm³/mol. The van der Waals surface area contributed by atoms with Gasteiger partial charge in [0, 0.05) is 6.04 Å². The van der Waals surface area contributed by atoms with Crippen LogP contribution in [-0.2, 0) is 0 Å². The number of halogens is 1. The van der Waals surface area contributed by atoms with Gasteiger partial charge in [-0.15, -0.1) is 0 Å². The Kier molecular flexibility index (Phi) is 6.53. The number of thiocarbonyl (C=S) groups is 2. The number of rotatable bonds is 2. The second-order valence-corrected chi connectivity index (χ2v) is 6.85. The second-order valence-electron chi connectivity index (χ2n) is 6.03. The second kappa shape index (κ2) is 8.40. The lowest BCUT2D eigenvalue weighted by molar-refractivity contribution is 0.224. The maximum absolute atomic E-state index is 13.5. The summed E-state index contributed by atoms with van der Waals surface area (Å²) in [5.41, 5.74) is 5.94.